The van der Waals surface area contributed by atoms with E-state index < -0.39 is 5.97 Å². The monoisotopic (exact) mass is 163 g/mol. The van der Waals surface area contributed by atoms with E-state index in [-0.39, 0.29) is 17.6 Å². The fourth-order valence-electron chi connectivity index (χ4n) is 1.14. The first kappa shape index (κ1) is 8.54. The predicted molar refractivity (Wildman–Crippen MR) is 42.6 cm³/mol. The van der Waals surface area contributed by atoms with Gasteiger partial charge in [0.1, 0.15) is 6.07 Å². The molecule has 3 heteroatoms. The molecule has 0 amide bonds. The highest BCUT2D eigenvalue weighted by molar-refractivity contribution is 5.77. The third kappa shape index (κ3) is 1.37. The minimum absolute atomic E-state index is 0.00148. The average molecular weight is 163 g/mol. The first-order valence-electron chi connectivity index (χ1n) is 3.65. The summed E-state index contributed by atoms with van der Waals surface area (Å²) >= 11 is 0. The Morgan fingerprint density at radius 2 is 2.50 bits per heavy atom. The summed E-state index contributed by atoms with van der Waals surface area (Å²) in [7, 11) is 0. The quantitative estimate of drug-likeness (QED) is 0.433. The molecule has 0 radical (unpaired) electrons. The van der Waals surface area contributed by atoms with Gasteiger partial charge in [-0.1, -0.05) is 13.0 Å². The molecule has 0 fully saturated rings. The van der Waals surface area contributed by atoms with E-state index in [1.165, 1.54) is 6.08 Å². The first-order valence-corrected chi connectivity index (χ1v) is 3.65. The zero-order valence-electron chi connectivity index (χ0n) is 6.78. The Kier molecular flexibility index (Phi) is 2.29. The van der Waals surface area contributed by atoms with Crippen LogP contribution in [-0.4, -0.2) is 5.97 Å². The summed E-state index contributed by atoms with van der Waals surface area (Å²) in [5.41, 5.74) is 0. The predicted octanol–water partition coefficient (Wildman–Crippen LogP) is 1.39. The van der Waals surface area contributed by atoms with Crippen LogP contribution in [0.15, 0.2) is 24.5 Å². The van der Waals surface area contributed by atoms with Crippen LogP contribution in [0.5, 0.6) is 0 Å². The van der Waals surface area contributed by atoms with Crippen molar-refractivity contribution in [3.63, 3.8) is 0 Å². The normalized spacial score (nSPS) is 28.3. The Bertz CT molecular complexity index is 285. The van der Waals surface area contributed by atoms with Gasteiger partial charge < -0.3 is 4.74 Å². The highest BCUT2D eigenvalue weighted by Gasteiger charge is 2.28. The van der Waals surface area contributed by atoms with Crippen LogP contribution in [0, 0.1) is 23.2 Å². The molecule has 0 aromatic carbocycles. The van der Waals surface area contributed by atoms with Gasteiger partial charge in [-0.25, -0.2) is 0 Å². The topological polar surface area (TPSA) is 50.1 Å². The summed E-state index contributed by atoms with van der Waals surface area (Å²) in [6.45, 7) is 5.37. The van der Waals surface area contributed by atoms with Crippen molar-refractivity contribution in [1.82, 2.24) is 0 Å². The van der Waals surface area contributed by atoms with E-state index >= 15 is 0 Å². The van der Waals surface area contributed by atoms with Crippen LogP contribution in [-0.2, 0) is 9.53 Å². The molecule has 2 atom stereocenters. The SMILES string of the molecule is C=CC1C(=O)OC(C#N)=CC1C. The molecule has 12 heavy (non-hydrogen) atoms. The van der Waals surface area contributed by atoms with Crippen molar-refractivity contribution in [1.29, 1.82) is 5.26 Å². The maximum Gasteiger partial charge on any atom is 0.319 e. The molecule has 1 heterocycles. The molecule has 0 aromatic heterocycles. The lowest BCUT2D eigenvalue weighted by atomic mass is 9.92. The second kappa shape index (κ2) is 3.22. The maximum absolute atomic E-state index is 11.1. The van der Waals surface area contributed by atoms with Crippen LogP contribution in [0.3, 0.4) is 0 Å². The van der Waals surface area contributed by atoms with Crippen molar-refractivity contribution in [3.8, 4) is 6.07 Å². The Hall–Kier alpha value is -1.56. The number of hydrogen-bond acceptors (Lipinski definition) is 3. The molecule has 0 saturated heterocycles. The molecule has 0 spiro atoms. The van der Waals surface area contributed by atoms with Crippen molar-refractivity contribution < 1.29 is 9.53 Å². The Morgan fingerprint density at radius 3 is 2.92 bits per heavy atom. The number of nitrogens with zero attached hydrogens (tertiary/aromatic N) is 1. The van der Waals surface area contributed by atoms with Gasteiger partial charge in [-0.3, -0.25) is 4.79 Å². The molecule has 0 N–H and O–H groups in total. The smallest absolute Gasteiger partial charge is 0.319 e. The van der Waals surface area contributed by atoms with Gasteiger partial charge in [0.05, 0.1) is 5.92 Å². The second-order valence-electron chi connectivity index (χ2n) is 2.68. The van der Waals surface area contributed by atoms with E-state index in [4.69, 9.17) is 10.00 Å². The van der Waals surface area contributed by atoms with Crippen LogP contribution in [0.4, 0.5) is 0 Å². The van der Waals surface area contributed by atoms with Crippen molar-refractivity contribution in [2.45, 2.75) is 6.92 Å². The number of carbonyl (C=O) groups is 1. The second-order valence-corrected chi connectivity index (χ2v) is 2.68. The minimum Gasteiger partial charge on any atom is -0.415 e. The molecule has 3 nitrogen and oxygen atoms in total. The standard InChI is InChI=1S/C9H9NO2/c1-3-8-6(2)4-7(5-10)12-9(8)11/h3-4,6,8H,1H2,2H3. The third-order valence-corrected chi connectivity index (χ3v) is 1.83. The zero-order chi connectivity index (χ0) is 9.14. The molecule has 1 aliphatic heterocycles. The Morgan fingerprint density at radius 1 is 1.83 bits per heavy atom. The van der Waals surface area contributed by atoms with Crippen LogP contribution in [0.1, 0.15) is 6.92 Å². The lowest BCUT2D eigenvalue weighted by molar-refractivity contribution is -0.144. The number of hydrogen-bond donors (Lipinski definition) is 0. The van der Waals surface area contributed by atoms with Crippen LogP contribution >= 0.6 is 0 Å². The molecule has 1 aliphatic rings. The number of rotatable bonds is 1. The van der Waals surface area contributed by atoms with Crippen molar-refractivity contribution in [2.75, 3.05) is 0 Å². The Balaban J connectivity index is 2.92. The van der Waals surface area contributed by atoms with Crippen molar-refractivity contribution in [2.24, 2.45) is 11.8 Å². The third-order valence-electron chi connectivity index (χ3n) is 1.83. The average Bonchev–Trinajstić information content (AvgIpc) is 2.03. The molecule has 62 valence electrons. The summed E-state index contributed by atoms with van der Waals surface area (Å²) in [6.07, 6.45) is 3.17. The molecular weight excluding hydrogens is 154 g/mol. The molecule has 0 aromatic rings. The van der Waals surface area contributed by atoms with E-state index in [0.29, 0.717) is 0 Å². The van der Waals surface area contributed by atoms with E-state index in [0.717, 1.165) is 0 Å². The summed E-state index contributed by atoms with van der Waals surface area (Å²) in [6, 6.07) is 1.79. The highest BCUT2D eigenvalue weighted by atomic mass is 16.5. The minimum atomic E-state index is -0.392. The van der Waals surface area contributed by atoms with Crippen LogP contribution < -0.4 is 0 Å². The van der Waals surface area contributed by atoms with Gasteiger partial charge in [-0.15, -0.1) is 6.58 Å². The maximum atomic E-state index is 11.1. The van der Waals surface area contributed by atoms with Gasteiger partial charge in [-0.05, 0) is 12.0 Å². The molecule has 1 rings (SSSR count). The molecule has 0 bridgehead atoms. The van der Waals surface area contributed by atoms with E-state index in [1.807, 2.05) is 6.92 Å². The first-order chi connectivity index (χ1) is 5.69. The van der Waals surface area contributed by atoms with Gasteiger partial charge >= 0.3 is 5.97 Å². The number of nitriles is 1. The van der Waals surface area contributed by atoms with Gasteiger partial charge in [0.2, 0.25) is 5.76 Å². The van der Waals surface area contributed by atoms with Gasteiger partial charge in [-0.2, -0.15) is 5.26 Å². The van der Waals surface area contributed by atoms with Gasteiger partial charge in [0.15, 0.2) is 0 Å². The Labute approximate surface area is 70.9 Å². The van der Waals surface area contributed by atoms with Crippen molar-refractivity contribution in [3.05, 3.63) is 24.5 Å². The largest absolute Gasteiger partial charge is 0.415 e. The number of ether oxygens (including phenoxy) is 1. The van der Waals surface area contributed by atoms with Gasteiger partial charge in [0.25, 0.3) is 0 Å². The summed E-state index contributed by atoms with van der Waals surface area (Å²) in [5, 5.41) is 8.46. The van der Waals surface area contributed by atoms with Gasteiger partial charge in [0, 0.05) is 0 Å². The summed E-state index contributed by atoms with van der Waals surface area (Å²) in [4.78, 5) is 11.1. The molecular formula is C9H9NO2. The number of allylic oxidation sites excluding steroid dienone is 2. The number of cyclic esters (lactones) is 1. The van der Waals surface area contributed by atoms with E-state index in [1.54, 1.807) is 12.1 Å². The van der Waals surface area contributed by atoms with E-state index in [2.05, 4.69) is 6.58 Å². The summed E-state index contributed by atoms with van der Waals surface area (Å²) < 4.78 is 4.70. The van der Waals surface area contributed by atoms with Crippen LogP contribution in [0.25, 0.3) is 0 Å². The fraction of sp³-hybridized carbons (Fsp3) is 0.333. The van der Waals surface area contributed by atoms with Crippen molar-refractivity contribution >= 4 is 5.97 Å². The summed E-state index contributed by atoms with van der Waals surface area (Å²) in [5.74, 6) is -0.623. The highest BCUT2D eigenvalue weighted by Crippen LogP contribution is 2.23. The molecule has 0 aliphatic carbocycles. The fourth-order valence-corrected chi connectivity index (χ4v) is 1.14. The molecule has 0 saturated carbocycles. The zero-order valence-corrected chi connectivity index (χ0v) is 6.78. The lowest BCUT2D eigenvalue weighted by Gasteiger charge is -2.20. The van der Waals surface area contributed by atoms with Crippen LogP contribution in [0.2, 0.25) is 0 Å². The number of esters is 1. The number of carbonyl (C=O) groups excluding carboxylic acids is 1. The lowest BCUT2D eigenvalue weighted by Crippen LogP contribution is -2.25. The molecule has 2 unspecified atom stereocenters. The van der Waals surface area contributed by atoms with E-state index in [9.17, 15) is 4.79 Å².